The number of phenols is 1. The number of amides is 2. The van der Waals surface area contributed by atoms with Gasteiger partial charge in [-0.1, -0.05) is 25.0 Å². The fourth-order valence-corrected chi connectivity index (χ4v) is 2.05. The number of nitrogens with zero attached hydrogens (tertiary/aromatic N) is 1. The molecule has 17 heavy (non-hydrogen) atoms. The van der Waals surface area contributed by atoms with Gasteiger partial charge in [-0.2, -0.15) is 0 Å². The summed E-state index contributed by atoms with van der Waals surface area (Å²) in [5.41, 5.74) is 0.474. The van der Waals surface area contributed by atoms with Gasteiger partial charge in [-0.3, -0.25) is 0 Å². The van der Waals surface area contributed by atoms with Gasteiger partial charge in [0.2, 0.25) is 0 Å². The summed E-state index contributed by atoms with van der Waals surface area (Å²) in [6, 6.07) is 6.67. The smallest absolute Gasteiger partial charge is 0.321 e. The highest BCUT2D eigenvalue weighted by atomic mass is 16.3. The Bertz CT molecular complexity index is 385. The number of rotatable bonds is 1. The predicted molar refractivity (Wildman–Crippen MR) is 67.2 cm³/mol. The third-order valence-corrected chi connectivity index (χ3v) is 3.04. The molecule has 0 spiro atoms. The van der Waals surface area contributed by atoms with Crippen molar-refractivity contribution in [2.24, 2.45) is 0 Å². The molecule has 4 heteroatoms. The van der Waals surface area contributed by atoms with Gasteiger partial charge in [0.15, 0.2) is 0 Å². The van der Waals surface area contributed by atoms with Crippen molar-refractivity contribution in [1.82, 2.24) is 4.90 Å². The molecule has 92 valence electrons. The van der Waals surface area contributed by atoms with Crippen molar-refractivity contribution in [2.45, 2.75) is 25.7 Å². The summed E-state index contributed by atoms with van der Waals surface area (Å²) in [4.78, 5) is 13.8. The third kappa shape index (κ3) is 3.12. The van der Waals surface area contributed by atoms with Crippen LogP contribution in [-0.4, -0.2) is 29.1 Å². The first-order valence-corrected chi connectivity index (χ1v) is 6.11. The number of para-hydroxylation sites is 2. The van der Waals surface area contributed by atoms with Crippen LogP contribution in [0.4, 0.5) is 10.5 Å². The molecule has 0 bridgehead atoms. The molecule has 1 aliphatic rings. The molecule has 1 heterocycles. The van der Waals surface area contributed by atoms with E-state index < -0.39 is 0 Å². The van der Waals surface area contributed by atoms with Crippen LogP contribution < -0.4 is 5.32 Å². The van der Waals surface area contributed by atoms with Crippen molar-refractivity contribution in [3.8, 4) is 5.75 Å². The molecule has 1 aromatic carbocycles. The van der Waals surface area contributed by atoms with Crippen LogP contribution in [0.25, 0.3) is 0 Å². The van der Waals surface area contributed by atoms with E-state index in [9.17, 15) is 9.90 Å². The fraction of sp³-hybridized carbons (Fsp3) is 0.462. The molecule has 0 aromatic heterocycles. The third-order valence-electron chi connectivity index (χ3n) is 3.04. The molecule has 0 radical (unpaired) electrons. The summed E-state index contributed by atoms with van der Waals surface area (Å²) in [6.07, 6.45) is 4.52. The molecule has 0 atom stereocenters. The topological polar surface area (TPSA) is 52.6 Å². The van der Waals surface area contributed by atoms with Gasteiger partial charge >= 0.3 is 6.03 Å². The number of likely N-dealkylation sites (tertiary alicyclic amines) is 1. The van der Waals surface area contributed by atoms with Gasteiger partial charge in [0.05, 0.1) is 5.69 Å². The van der Waals surface area contributed by atoms with E-state index in [2.05, 4.69) is 5.32 Å². The lowest BCUT2D eigenvalue weighted by atomic mass is 10.2. The average Bonchev–Trinajstić information content (AvgIpc) is 2.61. The highest BCUT2D eigenvalue weighted by Crippen LogP contribution is 2.22. The molecule has 2 rings (SSSR count). The first-order valence-electron chi connectivity index (χ1n) is 6.11. The number of hydrogen-bond acceptors (Lipinski definition) is 2. The van der Waals surface area contributed by atoms with Crippen LogP contribution in [0, 0.1) is 0 Å². The average molecular weight is 234 g/mol. The zero-order chi connectivity index (χ0) is 12.1. The van der Waals surface area contributed by atoms with Crippen molar-refractivity contribution >= 4 is 11.7 Å². The number of urea groups is 1. The predicted octanol–water partition coefficient (Wildman–Crippen LogP) is 2.80. The monoisotopic (exact) mass is 234 g/mol. The molecule has 2 amide bonds. The van der Waals surface area contributed by atoms with Gasteiger partial charge in [0.25, 0.3) is 0 Å². The lowest BCUT2D eigenvalue weighted by Gasteiger charge is -2.21. The maximum absolute atomic E-state index is 12.0. The summed E-state index contributed by atoms with van der Waals surface area (Å²) in [6.45, 7) is 1.61. The Morgan fingerprint density at radius 2 is 1.76 bits per heavy atom. The minimum atomic E-state index is -0.117. The van der Waals surface area contributed by atoms with E-state index in [1.54, 1.807) is 24.3 Å². The number of carbonyl (C=O) groups is 1. The molecule has 2 N–H and O–H groups in total. The van der Waals surface area contributed by atoms with Crippen molar-refractivity contribution in [1.29, 1.82) is 0 Å². The SMILES string of the molecule is O=C(Nc1ccccc1O)N1CCCCCC1. The van der Waals surface area contributed by atoms with Gasteiger partial charge < -0.3 is 15.3 Å². The number of carbonyl (C=O) groups excluding carboxylic acids is 1. The molecule has 0 unspecified atom stereocenters. The molecule has 1 fully saturated rings. The van der Waals surface area contributed by atoms with E-state index in [1.807, 2.05) is 4.90 Å². The highest BCUT2D eigenvalue weighted by Gasteiger charge is 2.16. The number of phenolic OH excluding ortho intramolecular Hbond substituents is 1. The Morgan fingerprint density at radius 3 is 2.41 bits per heavy atom. The molecule has 0 saturated carbocycles. The van der Waals surface area contributed by atoms with Gasteiger partial charge in [-0.15, -0.1) is 0 Å². The summed E-state index contributed by atoms with van der Waals surface area (Å²) in [7, 11) is 0. The summed E-state index contributed by atoms with van der Waals surface area (Å²) < 4.78 is 0. The second-order valence-corrected chi connectivity index (χ2v) is 4.35. The number of nitrogens with one attached hydrogen (secondary N) is 1. The Kier molecular flexibility index (Phi) is 3.85. The van der Waals surface area contributed by atoms with Crippen molar-refractivity contribution in [3.05, 3.63) is 24.3 Å². The van der Waals surface area contributed by atoms with Crippen LogP contribution in [0.15, 0.2) is 24.3 Å². The van der Waals surface area contributed by atoms with E-state index in [4.69, 9.17) is 0 Å². The number of hydrogen-bond donors (Lipinski definition) is 2. The maximum Gasteiger partial charge on any atom is 0.321 e. The van der Waals surface area contributed by atoms with Crippen molar-refractivity contribution in [2.75, 3.05) is 18.4 Å². The maximum atomic E-state index is 12.0. The van der Waals surface area contributed by atoms with Gasteiger partial charge in [0, 0.05) is 13.1 Å². The van der Waals surface area contributed by atoms with Crippen LogP contribution in [-0.2, 0) is 0 Å². The van der Waals surface area contributed by atoms with Crippen LogP contribution in [0.5, 0.6) is 5.75 Å². The van der Waals surface area contributed by atoms with Crippen LogP contribution in [0.2, 0.25) is 0 Å². The first kappa shape index (κ1) is 11.8. The minimum Gasteiger partial charge on any atom is -0.506 e. The quantitative estimate of drug-likeness (QED) is 0.734. The Hall–Kier alpha value is -1.71. The molecule has 0 aliphatic carbocycles. The second kappa shape index (κ2) is 5.57. The Labute approximate surface area is 101 Å². The van der Waals surface area contributed by atoms with E-state index >= 15 is 0 Å². The molecular formula is C13H18N2O2. The zero-order valence-electron chi connectivity index (χ0n) is 9.85. The lowest BCUT2D eigenvalue weighted by molar-refractivity contribution is 0.213. The summed E-state index contributed by atoms with van der Waals surface area (Å²) in [5, 5.41) is 12.3. The van der Waals surface area contributed by atoms with Gasteiger partial charge in [-0.25, -0.2) is 4.79 Å². The normalized spacial score (nSPS) is 16.4. The largest absolute Gasteiger partial charge is 0.506 e. The van der Waals surface area contributed by atoms with Crippen molar-refractivity contribution in [3.63, 3.8) is 0 Å². The summed E-state index contributed by atoms with van der Waals surface area (Å²) >= 11 is 0. The summed E-state index contributed by atoms with van der Waals surface area (Å²) in [5.74, 6) is 0.107. The van der Waals surface area contributed by atoms with E-state index in [-0.39, 0.29) is 11.8 Å². The standard InChI is InChI=1S/C13H18N2O2/c16-12-8-4-3-7-11(12)14-13(17)15-9-5-1-2-6-10-15/h3-4,7-8,16H,1-2,5-6,9-10H2,(H,14,17). The fourth-order valence-electron chi connectivity index (χ4n) is 2.05. The van der Waals surface area contributed by atoms with Gasteiger partial charge in [0.1, 0.15) is 5.75 Å². The highest BCUT2D eigenvalue weighted by molar-refractivity contribution is 5.90. The van der Waals surface area contributed by atoms with Gasteiger partial charge in [-0.05, 0) is 25.0 Å². The molecule has 1 saturated heterocycles. The Morgan fingerprint density at radius 1 is 1.12 bits per heavy atom. The molecule has 1 aromatic rings. The second-order valence-electron chi connectivity index (χ2n) is 4.35. The number of aromatic hydroxyl groups is 1. The van der Waals surface area contributed by atoms with Crippen molar-refractivity contribution < 1.29 is 9.90 Å². The Balaban J connectivity index is 1.98. The van der Waals surface area contributed by atoms with E-state index in [0.29, 0.717) is 5.69 Å². The van der Waals surface area contributed by atoms with Crippen LogP contribution in [0.1, 0.15) is 25.7 Å². The molecule has 4 nitrogen and oxygen atoms in total. The number of benzene rings is 1. The number of anilines is 1. The zero-order valence-corrected chi connectivity index (χ0v) is 9.85. The molecular weight excluding hydrogens is 216 g/mol. The first-order chi connectivity index (χ1) is 8.27. The molecule has 1 aliphatic heterocycles. The van der Waals surface area contributed by atoms with E-state index in [0.717, 1.165) is 25.9 Å². The minimum absolute atomic E-state index is 0.107. The lowest BCUT2D eigenvalue weighted by Crippen LogP contribution is -2.35. The van der Waals surface area contributed by atoms with Crippen LogP contribution >= 0.6 is 0 Å². The van der Waals surface area contributed by atoms with Crippen LogP contribution in [0.3, 0.4) is 0 Å². The van der Waals surface area contributed by atoms with E-state index in [1.165, 1.54) is 12.8 Å².